The zero-order valence-electron chi connectivity index (χ0n) is 28.6. The zero-order chi connectivity index (χ0) is 32.7. The second-order valence-electron chi connectivity index (χ2n) is 14.7. The Hall–Kier alpha value is -2.60. The SMILES string of the molecule is CCCCCCCCN(CCCCC[C@@H]1Cc2cc(O)ccc2C2C1C1CC[C@H](O)[C@@]1(C)C[C@@H]2F)C(=O)c1ccc(OCC)cc1. The largest absolute Gasteiger partial charge is 0.508 e. The second-order valence-corrected chi connectivity index (χ2v) is 14.7. The van der Waals surface area contributed by atoms with Gasteiger partial charge in [0.25, 0.3) is 5.91 Å². The van der Waals surface area contributed by atoms with Gasteiger partial charge in [0.15, 0.2) is 0 Å². The van der Waals surface area contributed by atoms with Crippen molar-refractivity contribution in [2.45, 2.75) is 129 Å². The number of alkyl halides is 1. The number of amides is 1. The van der Waals surface area contributed by atoms with Crippen LogP contribution in [-0.2, 0) is 6.42 Å². The van der Waals surface area contributed by atoms with Crippen molar-refractivity contribution in [3.63, 3.8) is 0 Å². The van der Waals surface area contributed by atoms with E-state index in [4.69, 9.17) is 4.74 Å². The number of phenols is 1. The highest BCUT2D eigenvalue weighted by atomic mass is 19.1. The van der Waals surface area contributed by atoms with Crippen LogP contribution in [0, 0.1) is 23.2 Å². The summed E-state index contributed by atoms with van der Waals surface area (Å²) >= 11 is 0. The predicted octanol–water partition coefficient (Wildman–Crippen LogP) is 9.25. The maximum atomic E-state index is 16.1. The maximum Gasteiger partial charge on any atom is 0.253 e. The molecule has 0 saturated heterocycles. The molecule has 46 heavy (non-hydrogen) atoms. The number of ether oxygens (including phenoxy) is 1. The highest BCUT2D eigenvalue weighted by Gasteiger charge is 2.59. The number of benzene rings is 2. The molecular formula is C40H58FNO4. The van der Waals surface area contributed by atoms with E-state index in [-0.39, 0.29) is 28.9 Å². The Morgan fingerprint density at radius 2 is 1.65 bits per heavy atom. The standard InChI is InChI=1S/C40H58FNO4/c1-4-6-7-8-9-12-23-42(39(45)28-15-18-32(19-16-28)46-5-2)24-13-10-11-14-29-25-30-26-31(43)17-20-33(30)38-35(41)27-40(3)34(37(29)38)21-22-36(40)44/h15-20,26,29,34-38,43-44H,4-14,21-25,27H2,1-3H3/t29-,34?,35+,36+,37?,38?,40+/m1/s1. The molecule has 7 atom stereocenters. The fourth-order valence-electron chi connectivity index (χ4n) is 9.36. The summed E-state index contributed by atoms with van der Waals surface area (Å²) in [4.78, 5) is 15.6. The smallest absolute Gasteiger partial charge is 0.253 e. The van der Waals surface area contributed by atoms with E-state index in [1.807, 2.05) is 48.2 Å². The van der Waals surface area contributed by atoms with Crippen LogP contribution in [0.4, 0.5) is 4.39 Å². The van der Waals surface area contributed by atoms with Crippen LogP contribution in [0.5, 0.6) is 11.5 Å². The Morgan fingerprint density at radius 1 is 0.957 bits per heavy atom. The minimum atomic E-state index is -0.978. The molecule has 2 aromatic rings. The third-order valence-electron chi connectivity index (χ3n) is 11.8. The van der Waals surface area contributed by atoms with Crippen LogP contribution in [0.1, 0.15) is 132 Å². The third kappa shape index (κ3) is 7.75. The molecule has 254 valence electrons. The summed E-state index contributed by atoms with van der Waals surface area (Å²) in [5.41, 5.74) is 2.53. The van der Waals surface area contributed by atoms with Gasteiger partial charge in [0.05, 0.1) is 12.7 Å². The first-order valence-electron chi connectivity index (χ1n) is 18.4. The molecule has 3 unspecified atom stereocenters. The van der Waals surface area contributed by atoms with E-state index in [2.05, 4.69) is 13.8 Å². The Labute approximate surface area is 276 Å². The molecule has 1 amide bonds. The van der Waals surface area contributed by atoms with Crippen LogP contribution in [0.25, 0.3) is 0 Å². The Balaban J connectivity index is 1.21. The van der Waals surface area contributed by atoms with Crippen LogP contribution in [-0.4, -0.2) is 53.0 Å². The summed E-state index contributed by atoms with van der Waals surface area (Å²) in [6, 6.07) is 13.1. The van der Waals surface area contributed by atoms with Crippen molar-refractivity contribution in [1.82, 2.24) is 4.90 Å². The van der Waals surface area contributed by atoms with E-state index in [1.54, 1.807) is 6.07 Å². The number of halogens is 1. The third-order valence-corrected chi connectivity index (χ3v) is 11.8. The van der Waals surface area contributed by atoms with E-state index in [0.717, 1.165) is 87.8 Å². The molecule has 2 N–H and O–H groups in total. The lowest BCUT2D eigenvalue weighted by Gasteiger charge is -2.54. The topological polar surface area (TPSA) is 70.0 Å². The Kier molecular flexibility index (Phi) is 12.1. The molecule has 6 heteroatoms. The van der Waals surface area contributed by atoms with Crippen molar-refractivity contribution < 1.29 is 24.1 Å². The van der Waals surface area contributed by atoms with Crippen LogP contribution in [0.3, 0.4) is 0 Å². The first kappa shape index (κ1) is 34.7. The molecule has 0 spiro atoms. The molecule has 2 saturated carbocycles. The minimum Gasteiger partial charge on any atom is -0.508 e. The van der Waals surface area contributed by atoms with E-state index in [1.165, 1.54) is 25.7 Å². The molecule has 2 fully saturated rings. The number of carbonyl (C=O) groups is 1. The highest BCUT2D eigenvalue weighted by molar-refractivity contribution is 5.94. The van der Waals surface area contributed by atoms with Gasteiger partial charge >= 0.3 is 0 Å². The number of phenolic OH excluding ortho intramolecular Hbond substituents is 1. The molecule has 0 radical (unpaired) electrons. The van der Waals surface area contributed by atoms with E-state index < -0.39 is 12.3 Å². The number of fused-ring (bicyclic) bond motifs is 5. The molecule has 3 aliphatic rings. The fraction of sp³-hybridized carbons (Fsp3) is 0.675. The first-order chi connectivity index (χ1) is 22.3. The number of carbonyl (C=O) groups excluding carboxylic acids is 1. The molecule has 2 aromatic carbocycles. The number of aromatic hydroxyl groups is 1. The Bertz CT molecular complexity index is 1270. The molecule has 0 heterocycles. The van der Waals surface area contributed by atoms with Gasteiger partial charge in [0, 0.05) is 24.6 Å². The summed E-state index contributed by atoms with van der Waals surface area (Å²) in [6.07, 6.45) is 12.8. The van der Waals surface area contributed by atoms with Crippen LogP contribution in [0.15, 0.2) is 42.5 Å². The number of hydrogen-bond donors (Lipinski definition) is 2. The quantitative estimate of drug-likeness (QED) is 0.180. The fourth-order valence-corrected chi connectivity index (χ4v) is 9.36. The lowest BCUT2D eigenvalue weighted by atomic mass is 9.51. The number of hydrogen-bond acceptors (Lipinski definition) is 4. The number of aliphatic hydroxyl groups is 1. The summed E-state index contributed by atoms with van der Waals surface area (Å²) in [5, 5.41) is 21.2. The molecule has 0 aliphatic heterocycles. The van der Waals surface area contributed by atoms with E-state index in [0.29, 0.717) is 30.4 Å². The number of unbranched alkanes of at least 4 members (excludes halogenated alkanes) is 7. The summed E-state index contributed by atoms with van der Waals surface area (Å²) < 4.78 is 21.7. The lowest BCUT2D eigenvalue weighted by molar-refractivity contribution is -0.0722. The molecule has 5 rings (SSSR count). The molecule has 0 aromatic heterocycles. The van der Waals surface area contributed by atoms with Crippen molar-refractivity contribution in [3.05, 3.63) is 59.2 Å². The number of aliphatic hydroxyl groups excluding tert-OH is 1. The van der Waals surface area contributed by atoms with Gasteiger partial charge in [-0.3, -0.25) is 4.79 Å². The van der Waals surface area contributed by atoms with Gasteiger partial charge in [0.1, 0.15) is 17.7 Å². The van der Waals surface area contributed by atoms with Crippen LogP contribution < -0.4 is 4.74 Å². The maximum absolute atomic E-state index is 16.1. The van der Waals surface area contributed by atoms with Gasteiger partial charge in [-0.05, 0) is 123 Å². The average Bonchev–Trinajstić information content (AvgIpc) is 3.34. The highest BCUT2D eigenvalue weighted by Crippen LogP contribution is 2.63. The number of rotatable bonds is 16. The van der Waals surface area contributed by atoms with Gasteiger partial charge in [-0.25, -0.2) is 4.39 Å². The van der Waals surface area contributed by atoms with Crippen molar-refractivity contribution in [2.75, 3.05) is 19.7 Å². The van der Waals surface area contributed by atoms with Crippen molar-refractivity contribution >= 4 is 5.91 Å². The van der Waals surface area contributed by atoms with Gasteiger partial charge < -0.3 is 19.8 Å². The normalized spacial score (nSPS) is 28.3. The molecule has 5 nitrogen and oxygen atoms in total. The summed E-state index contributed by atoms with van der Waals surface area (Å²) in [7, 11) is 0. The monoisotopic (exact) mass is 635 g/mol. The predicted molar refractivity (Wildman–Crippen MR) is 183 cm³/mol. The zero-order valence-corrected chi connectivity index (χ0v) is 28.6. The van der Waals surface area contributed by atoms with Crippen molar-refractivity contribution in [1.29, 1.82) is 0 Å². The van der Waals surface area contributed by atoms with Gasteiger partial charge in [0.2, 0.25) is 0 Å². The number of nitrogens with zero attached hydrogens (tertiary/aromatic N) is 1. The van der Waals surface area contributed by atoms with Gasteiger partial charge in [-0.15, -0.1) is 0 Å². The van der Waals surface area contributed by atoms with E-state index >= 15 is 4.39 Å². The first-order valence-corrected chi connectivity index (χ1v) is 18.4. The van der Waals surface area contributed by atoms with Gasteiger partial charge in [-0.1, -0.05) is 64.9 Å². The van der Waals surface area contributed by atoms with Crippen molar-refractivity contribution in [2.24, 2.45) is 23.2 Å². The minimum absolute atomic E-state index is 0.0958. The summed E-state index contributed by atoms with van der Waals surface area (Å²) in [6.45, 7) is 8.45. The molecule has 0 bridgehead atoms. The molecular weight excluding hydrogens is 577 g/mol. The average molecular weight is 636 g/mol. The van der Waals surface area contributed by atoms with E-state index in [9.17, 15) is 15.0 Å². The molecule has 3 aliphatic carbocycles. The lowest BCUT2D eigenvalue weighted by Crippen LogP contribution is -2.51. The van der Waals surface area contributed by atoms with Crippen LogP contribution in [0.2, 0.25) is 0 Å². The Morgan fingerprint density at radius 3 is 2.37 bits per heavy atom. The summed E-state index contributed by atoms with van der Waals surface area (Å²) in [5.74, 6) is 1.85. The van der Waals surface area contributed by atoms with Crippen LogP contribution >= 0.6 is 0 Å². The van der Waals surface area contributed by atoms with Gasteiger partial charge in [-0.2, -0.15) is 0 Å². The second kappa shape index (κ2) is 16.0. The van der Waals surface area contributed by atoms with Crippen molar-refractivity contribution in [3.8, 4) is 11.5 Å².